The van der Waals surface area contributed by atoms with Crippen molar-refractivity contribution in [2.24, 2.45) is 0 Å². The maximum Gasteiger partial charge on any atom is 0.306 e. The van der Waals surface area contributed by atoms with Crippen LogP contribution in [0, 0.1) is 0 Å². The van der Waals surface area contributed by atoms with E-state index in [1.165, 1.54) is 109 Å². The van der Waals surface area contributed by atoms with Crippen LogP contribution < -0.4 is 0 Å². The largest absolute Gasteiger partial charge is 0.462 e. The third kappa shape index (κ3) is 49.7. The molecular formula is C57H98O6. The van der Waals surface area contributed by atoms with Crippen LogP contribution in [0.4, 0.5) is 0 Å². The molecule has 0 aliphatic heterocycles. The van der Waals surface area contributed by atoms with Crippen molar-refractivity contribution in [1.29, 1.82) is 0 Å². The molecule has 0 fully saturated rings. The highest BCUT2D eigenvalue weighted by atomic mass is 16.6. The lowest BCUT2D eigenvalue weighted by atomic mass is 10.1. The molecule has 0 rings (SSSR count). The molecule has 0 aliphatic carbocycles. The summed E-state index contributed by atoms with van der Waals surface area (Å²) in [5.41, 5.74) is 0. The molecule has 0 saturated carbocycles. The molecule has 0 aliphatic rings. The summed E-state index contributed by atoms with van der Waals surface area (Å²) in [6.45, 7) is 6.47. The predicted octanol–water partition coefficient (Wildman–Crippen LogP) is 17.4. The van der Waals surface area contributed by atoms with Gasteiger partial charge in [-0.1, -0.05) is 235 Å². The first-order valence-electron chi connectivity index (χ1n) is 26.4. The number of rotatable bonds is 47. The Morgan fingerprint density at radius 1 is 0.333 bits per heavy atom. The van der Waals surface area contributed by atoms with E-state index in [4.69, 9.17) is 14.2 Å². The van der Waals surface area contributed by atoms with Gasteiger partial charge in [-0.3, -0.25) is 14.4 Å². The Morgan fingerprint density at radius 2 is 0.619 bits per heavy atom. The van der Waals surface area contributed by atoms with E-state index in [9.17, 15) is 14.4 Å². The summed E-state index contributed by atoms with van der Waals surface area (Å²) in [6.07, 6.45) is 64.8. The molecule has 0 radical (unpaired) electrons. The minimum Gasteiger partial charge on any atom is -0.462 e. The highest BCUT2D eigenvalue weighted by molar-refractivity contribution is 5.71. The summed E-state index contributed by atoms with van der Waals surface area (Å²) < 4.78 is 16.7. The summed E-state index contributed by atoms with van der Waals surface area (Å²) in [6, 6.07) is 0. The van der Waals surface area contributed by atoms with Gasteiger partial charge in [0.1, 0.15) is 13.2 Å². The quantitative estimate of drug-likeness (QED) is 0.0262. The Morgan fingerprint density at radius 3 is 0.968 bits per heavy atom. The summed E-state index contributed by atoms with van der Waals surface area (Å²) >= 11 is 0. The van der Waals surface area contributed by atoms with Gasteiger partial charge in [-0.25, -0.2) is 0 Å². The van der Waals surface area contributed by atoms with E-state index in [2.05, 4.69) is 93.7 Å². The van der Waals surface area contributed by atoms with Gasteiger partial charge >= 0.3 is 17.9 Å². The number of unbranched alkanes of at least 4 members (excludes halogenated alkanes) is 24. The molecule has 6 nitrogen and oxygen atoms in total. The normalized spacial score (nSPS) is 12.6. The van der Waals surface area contributed by atoms with E-state index in [1.807, 2.05) is 0 Å². The van der Waals surface area contributed by atoms with Crippen LogP contribution in [0.2, 0.25) is 0 Å². The van der Waals surface area contributed by atoms with Gasteiger partial charge in [-0.15, -0.1) is 0 Å². The monoisotopic (exact) mass is 879 g/mol. The van der Waals surface area contributed by atoms with Crippen LogP contribution in [0.3, 0.4) is 0 Å². The molecule has 0 heterocycles. The van der Waals surface area contributed by atoms with Crippen LogP contribution in [-0.2, 0) is 28.6 Å². The molecule has 6 heteroatoms. The lowest BCUT2D eigenvalue weighted by Gasteiger charge is -2.18. The third-order valence-corrected chi connectivity index (χ3v) is 11.2. The molecule has 0 bridgehead atoms. The minimum absolute atomic E-state index is 0.0751. The summed E-state index contributed by atoms with van der Waals surface area (Å²) in [5, 5.41) is 0. The van der Waals surface area contributed by atoms with Gasteiger partial charge in [0.2, 0.25) is 0 Å². The zero-order chi connectivity index (χ0) is 45.8. The fourth-order valence-electron chi connectivity index (χ4n) is 7.27. The maximum absolute atomic E-state index is 12.7. The zero-order valence-corrected chi connectivity index (χ0v) is 41.3. The Labute approximate surface area is 389 Å². The first kappa shape index (κ1) is 59.9. The van der Waals surface area contributed by atoms with Gasteiger partial charge in [0.05, 0.1) is 0 Å². The average molecular weight is 879 g/mol. The summed E-state index contributed by atoms with van der Waals surface area (Å²) in [4.78, 5) is 37.8. The van der Waals surface area contributed by atoms with Crippen molar-refractivity contribution in [2.45, 2.75) is 258 Å². The summed E-state index contributed by atoms with van der Waals surface area (Å²) in [7, 11) is 0. The molecule has 0 spiro atoms. The van der Waals surface area contributed by atoms with Gasteiger partial charge in [-0.05, 0) is 70.6 Å². The second kappa shape index (κ2) is 51.5. The maximum atomic E-state index is 12.7. The first-order valence-corrected chi connectivity index (χ1v) is 26.4. The highest BCUT2D eigenvalue weighted by Gasteiger charge is 2.19. The molecule has 0 amide bonds. The Bertz CT molecular complexity index is 1190. The molecule has 362 valence electrons. The van der Waals surface area contributed by atoms with Crippen molar-refractivity contribution in [2.75, 3.05) is 13.2 Å². The van der Waals surface area contributed by atoms with Crippen molar-refractivity contribution < 1.29 is 28.6 Å². The molecule has 1 unspecified atom stereocenters. The lowest BCUT2D eigenvalue weighted by molar-refractivity contribution is -0.167. The number of hydrogen-bond donors (Lipinski definition) is 0. The predicted molar refractivity (Wildman–Crippen MR) is 270 cm³/mol. The Balaban J connectivity index is 4.15. The van der Waals surface area contributed by atoms with E-state index in [-0.39, 0.29) is 31.1 Å². The van der Waals surface area contributed by atoms with Crippen LogP contribution in [0.25, 0.3) is 0 Å². The number of esters is 3. The van der Waals surface area contributed by atoms with E-state index >= 15 is 0 Å². The number of ether oxygens (including phenoxy) is 3. The number of carbonyl (C=O) groups is 3. The molecular weight excluding hydrogens is 781 g/mol. The zero-order valence-electron chi connectivity index (χ0n) is 41.3. The molecule has 1 atom stereocenters. The topological polar surface area (TPSA) is 78.9 Å². The molecule has 63 heavy (non-hydrogen) atoms. The van der Waals surface area contributed by atoms with E-state index in [0.29, 0.717) is 19.3 Å². The fraction of sp³-hybridized carbons (Fsp3) is 0.737. The molecule has 0 N–H and O–H groups in total. The second-order valence-corrected chi connectivity index (χ2v) is 17.4. The standard InChI is InChI=1S/C57H98O6/c1-4-7-10-13-16-19-21-22-23-24-25-26-27-28-29-30-31-32-33-34-35-36-37-39-41-44-47-50-56(59)62-53-54(52-61-55(58)49-46-43-40-18-15-12-9-6-3)63-57(60)51-48-45-42-38-20-17-14-11-8-5-2/h7,10,16,19,22-23,25-26,28-29,31-32,54H,4-6,8-9,11-15,17-18,20-21,24,27,30,33-53H2,1-3H3/b10-7-,19-16-,23-22-,26-25-,29-28-,32-31-. The second-order valence-electron chi connectivity index (χ2n) is 17.4. The van der Waals surface area contributed by atoms with Crippen LogP contribution >= 0.6 is 0 Å². The first-order chi connectivity index (χ1) is 31.0. The van der Waals surface area contributed by atoms with Gasteiger partial charge < -0.3 is 14.2 Å². The molecule has 0 saturated heterocycles. The van der Waals surface area contributed by atoms with Gasteiger partial charge in [-0.2, -0.15) is 0 Å². The van der Waals surface area contributed by atoms with E-state index in [1.54, 1.807) is 0 Å². The fourth-order valence-corrected chi connectivity index (χ4v) is 7.27. The van der Waals surface area contributed by atoms with Crippen LogP contribution in [0.15, 0.2) is 72.9 Å². The minimum atomic E-state index is -0.772. The lowest BCUT2D eigenvalue weighted by Crippen LogP contribution is -2.30. The van der Waals surface area contributed by atoms with Crippen molar-refractivity contribution in [1.82, 2.24) is 0 Å². The van der Waals surface area contributed by atoms with Crippen LogP contribution in [-0.4, -0.2) is 37.2 Å². The Hall–Kier alpha value is -3.15. The molecule has 0 aromatic rings. The van der Waals surface area contributed by atoms with Crippen LogP contribution in [0.1, 0.15) is 252 Å². The van der Waals surface area contributed by atoms with Crippen molar-refractivity contribution in [3.05, 3.63) is 72.9 Å². The molecule has 0 aromatic carbocycles. The SMILES string of the molecule is CC/C=C\C/C=C\C/C=C\C/C=C\C/C=C\C/C=C\CCCCCCCCCCC(=O)OCC(COC(=O)CCCCCCCCCC)OC(=O)CCCCCCCCCCCC. The molecule has 0 aromatic heterocycles. The van der Waals surface area contributed by atoms with E-state index < -0.39 is 6.10 Å². The van der Waals surface area contributed by atoms with Gasteiger partial charge in [0.25, 0.3) is 0 Å². The summed E-state index contributed by atoms with van der Waals surface area (Å²) in [5.74, 6) is -0.887. The van der Waals surface area contributed by atoms with Crippen LogP contribution in [0.5, 0.6) is 0 Å². The number of allylic oxidation sites excluding steroid dienone is 12. The third-order valence-electron chi connectivity index (χ3n) is 11.2. The van der Waals surface area contributed by atoms with E-state index in [0.717, 1.165) is 103 Å². The van der Waals surface area contributed by atoms with Gasteiger partial charge in [0.15, 0.2) is 6.10 Å². The van der Waals surface area contributed by atoms with Crippen molar-refractivity contribution in [3.8, 4) is 0 Å². The smallest absolute Gasteiger partial charge is 0.306 e. The average Bonchev–Trinajstić information content (AvgIpc) is 3.28. The highest BCUT2D eigenvalue weighted by Crippen LogP contribution is 2.15. The van der Waals surface area contributed by atoms with Gasteiger partial charge in [0, 0.05) is 19.3 Å². The van der Waals surface area contributed by atoms with Crippen molar-refractivity contribution in [3.63, 3.8) is 0 Å². The Kier molecular flexibility index (Phi) is 48.9. The number of hydrogen-bond acceptors (Lipinski definition) is 6. The van der Waals surface area contributed by atoms with Crippen molar-refractivity contribution >= 4 is 17.9 Å². The number of carbonyl (C=O) groups excluding carboxylic acids is 3.